The third-order valence-electron chi connectivity index (χ3n) is 3.14. The summed E-state index contributed by atoms with van der Waals surface area (Å²) >= 11 is 0. The molecule has 0 aliphatic heterocycles. The molecule has 0 amide bonds. The number of halogens is 1. The zero-order valence-electron chi connectivity index (χ0n) is 10.5. The highest BCUT2D eigenvalue weighted by Crippen LogP contribution is 2.28. The van der Waals surface area contributed by atoms with Gasteiger partial charge >= 0.3 is 5.97 Å². The molecule has 5 nitrogen and oxygen atoms in total. The van der Waals surface area contributed by atoms with Crippen LogP contribution in [0.5, 0.6) is 0 Å². The fourth-order valence-electron chi connectivity index (χ4n) is 2.17. The molecular weight excluding hydrogens is 273 g/mol. The van der Waals surface area contributed by atoms with Crippen LogP contribution < -0.4 is 0 Å². The van der Waals surface area contributed by atoms with E-state index in [1.54, 1.807) is 29.3 Å². The number of carboxylic acid groups (broad SMARTS) is 1. The summed E-state index contributed by atoms with van der Waals surface area (Å²) in [5.74, 6) is -1.15. The van der Waals surface area contributed by atoms with Gasteiger partial charge in [0.05, 0.1) is 19.2 Å². The summed E-state index contributed by atoms with van der Waals surface area (Å²) in [4.78, 5) is 13.5. The Morgan fingerprint density at radius 3 is 3.00 bits per heavy atom. The summed E-state index contributed by atoms with van der Waals surface area (Å²) in [6.45, 7) is 0.326. The van der Waals surface area contributed by atoms with E-state index in [0.29, 0.717) is 6.54 Å². The molecule has 0 spiro atoms. The second kappa shape index (κ2) is 5.78. The minimum atomic E-state index is -0.857. The van der Waals surface area contributed by atoms with Crippen molar-refractivity contribution in [3.8, 4) is 11.1 Å². The lowest BCUT2D eigenvalue weighted by atomic mass is 10.1. The van der Waals surface area contributed by atoms with Crippen LogP contribution in [0.2, 0.25) is 0 Å². The van der Waals surface area contributed by atoms with Crippen LogP contribution in [0.3, 0.4) is 0 Å². The number of carboxylic acids is 1. The maximum atomic E-state index is 13.1. The van der Waals surface area contributed by atoms with Gasteiger partial charge in [0.15, 0.2) is 0 Å². The minimum Gasteiger partial charge on any atom is -0.481 e. The average Bonchev–Trinajstić information content (AvgIpc) is 3.01. The highest BCUT2D eigenvalue weighted by atomic mass is 19.1. The van der Waals surface area contributed by atoms with E-state index in [9.17, 15) is 9.18 Å². The highest BCUT2D eigenvalue weighted by Gasteiger charge is 2.09. The van der Waals surface area contributed by atoms with Crippen LogP contribution >= 0.6 is 0 Å². The lowest BCUT2D eigenvalue weighted by Crippen LogP contribution is -2.04. The van der Waals surface area contributed by atoms with Crippen molar-refractivity contribution in [2.75, 3.05) is 0 Å². The molecule has 2 N–H and O–H groups in total. The predicted octanol–water partition coefficient (Wildman–Crippen LogP) is 3.28. The molecular formula is C15H16FN3O2. The van der Waals surface area contributed by atoms with Crippen molar-refractivity contribution in [2.24, 2.45) is 0 Å². The molecule has 21 heavy (non-hydrogen) atoms. The van der Waals surface area contributed by atoms with Gasteiger partial charge in [-0.3, -0.25) is 9.48 Å². The van der Waals surface area contributed by atoms with Crippen molar-refractivity contribution < 1.29 is 14.3 Å². The number of fused-ring (bicyclic) bond motifs is 1. The van der Waals surface area contributed by atoms with Crippen LogP contribution in [0, 0.1) is 5.82 Å². The number of hydrogen-bond donors (Lipinski definition) is 2. The van der Waals surface area contributed by atoms with Gasteiger partial charge in [-0.1, -0.05) is 7.43 Å². The number of aromatic nitrogens is 3. The Morgan fingerprint density at radius 1 is 1.43 bits per heavy atom. The molecule has 0 radical (unpaired) electrons. The first-order valence-electron chi connectivity index (χ1n) is 6.15. The van der Waals surface area contributed by atoms with Crippen LogP contribution in [0.25, 0.3) is 22.0 Å². The van der Waals surface area contributed by atoms with E-state index in [0.717, 1.165) is 22.0 Å². The molecule has 0 fully saturated rings. The van der Waals surface area contributed by atoms with Gasteiger partial charge in [0.1, 0.15) is 5.82 Å². The number of rotatable bonds is 4. The minimum absolute atomic E-state index is 0. The summed E-state index contributed by atoms with van der Waals surface area (Å²) in [5, 5.41) is 13.7. The highest BCUT2D eigenvalue weighted by molar-refractivity contribution is 5.95. The van der Waals surface area contributed by atoms with Gasteiger partial charge < -0.3 is 10.1 Å². The zero-order chi connectivity index (χ0) is 14.1. The SMILES string of the molecule is C.O=C(O)CCn1cc(-c2c[nH]c3cc(F)ccc23)cn1. The quantitative estimate of drug-likeness (QED) is 0.774. The average molecular weight is 289 g/mol. The smallest absolute Gasteiger partial charge is 0.305 e. The van der Waals surface area contributed by atoms with Crippen molar-refractivity contribution >= 4 is 16.9 Å². The monoisotopic (exact) mass is 289 g/mol. The standard InChI is InChI=1S/C14H12FN3O2.CH4/c15-10-1-2-11-12(7-16-13(11)5-10)9-6-17-18(8-9)4-3-14(19)20;/h1-2,5-8,16H,3-4H2,(H,19,20);1H4. The van der Waals surface area contributed by atoms with Crippen LogP contribution in [-0.4, -0.2) is 25.8 Å². The third-order valence-corrected chi connectivity index (χ3v) is 3.14. The summed E-state index contributed by atoms with van der Waals surface area (Å²) in [5.41, 5.74) is 2.51. The molecule has 0 saturated heterocycles. The molecule has 0 atom stereocenters. The van der Waals surface area contributed by atoms with E-state index >= 15 is 0 Å². The van der Waals surface area contributed by atoms with Gasteiger partial charge in [-0.2, -0.15) is 5.10 Å². The van der Waals surface area contributed by atoms with E-state index < -0.39 is 5.97 Å². The Hall–Kier alpha value is -2.63. The first-order chi connectivity index (χ1) is 9.63. The molecule has 2 heterocycles. The summed E-state index contributed by atoms with van der Waals surface area (Å²) in [6, 6.07) is 4.56. The van der Waals surface area contributed by atoms with Gasteiger partial charge in [0, 0.05) is 34.4 Å². The van der Waals surface area contributed by atoms with E-state index in [1.165, 1.54) is 12.1 Å². The Balaban J connectivity index is 0.00000161. The lowest BCUT2D eigenvalue weighted by Gasteiger charge is -1.97. The summed E-state index contributed by atoms with van der Waals surface area (Å²) in [6.07, 6.45) is 5.28. The van der Waals surface area contributed by atoms with Gasteiger partial charge in [-0.25, -0.2) is 4.39 Å². The molecule has 2 aromatic heterocycles. The van der Waals surface area contributed by atoms with Crippen LogP contribution in [0.15, 0.2) is 36.8 Å². The first-order valence-corrected chi connectivity index (χ1v) is 6.15. The van der Waals surface area contributed by atoms with E-state index in [4.69, 9.17) is 5.11 Å². The van der Waals surface area contributed by atoms with Crippen molar-refractivity contribution in [1.29, 1.82) is 0 Å². The topological polar surface area (TPSA) is 70.9 Å². The molecule has 0 bridgehead atoms. The Bertz CT molecular complexity index is 776. The van der Waals surface area contributed by atoms with Crippen molar-refractivity contribution in [1.82, 2.24) is 14.8 Å². The molecule has 3 rings (SSSR count). The number of carbonyl (C=O) groups is 1. The second-order valence-electron chi connectivity index (χ2n) is 4.53. The maximum Gasteiger partial charge on any atom is 0.305 e. The molecule has 0 aliphatic rings. The predicted molar refractivity (Wildman–Crippen MR) is 78.5 cm³/mol. The van der Waals surface area contributed by atoms with Crippen LogP contribution in [-0.2, 0) is 11.3 Å². The van der Waals surface area contributed by atoms with Crippen molar-refractivity contribution in [3.63, 3.8) is 0 Å². The van der Waals surface area contributed by atoms with Gasteiger partial charge in [0.2, 0.25) is 0 Å². The summed E-state index contributed by atoms with van der Waals surface area (Å²) < 4.78 is 14.7. The molecule has 3 aromatic rings. The molecule has 0 unspecified atom stereocenters. The fourth-order valence-corrected chi connectivity index (χ4v) is 2.17. The Kier molecular flexibility index (Phi) is 4.07. The van der Waals surface area contributed by atoms with Crippen molar-refractivity contribution in [3.05, 3.63) is 42.6 Å². The number of H-pyrrole nitrogens is 1. The molecule has 110 valence electrons. The number of benzene rings is 1. The molecule has 0 aliphatic carbocycles. The number of aromatic amines is 1. The third kappa shape index (κ3) is 2.94. The van der Waals surface area contributed by atoms with Crippen LogP contribution in [0.4, 0.5) is 4.39 Å². The van der Waals surface area contributed by atoms with E-state index in [1.807, 2.05) is 0 Å². The Morgan fingerprint density at radius 2 is 2.24 bits per heavy atom. The van der Waals surface area contributed by atoms with E-state index in [-0.39, 0.29) is 19.7 Å². The van der Waals surface area contributed by atoms with Gasteiger partial charge in [0.25, 0.3) is 0 Å². The number of aliphatic carboxylic acids is 1. The zero-order valence-corrected chi connectivity index (χ0v) is 10.5. The fraction of sp³-hybridized carbons (Fsp3) is 0.200. The number of hydrogen-bond acceptors (Lipinski definition) is 2. The molecule has 0 saturated carbocycles. The van der Waals surface area contributed by atoms with Crippen molar-refractivity contribution in [2.45, 2.75) is 20.4 Å². The normalized spacial score (nSPS) is 10.5. The molecule has 1 aromatic carbocycles. The Labute approximate surface area is 121 Å². The van der Waals surface area contributed by atoms with Gasteiger partial charge in [-0.05, 0) is 18.2 Å². The molecule has 6 heteroatoms. The largest absolute Gasteiger partial charge is 0.481 e. The van der Waals surface area contributed by atoms with E-state index in [2.05, 4.69) is 10.1 Å². The number of nitrogens with zero attached hydrogens (tertiary/aromatic N) is 2. The lowest BCUT2D eigenvalue weighted by molar-refractivity contribution is -0.137. The second-order valence-corrected chi connectivity index (χ2v) is 4.53. The maximum absolute atomic E-state index is 13.1. The number of nitrogens with one attached hydrogen (secondary N) is 1. The van der Waals surface area contributed by atoms with Crippen LogP contribution in [0.1, 0.15) is 13.8 Å². The summed E-state index contributed by atoms with van der Waals surface area (Å²) in [7, 11) is 0. The number of aryl methyl sites for hydroxylation is 1. The van der Waals surface area contributed by atoms with Gasteiger partial charge in [-0.15, -0.1) is 0 Å². The first kappa shape index (κ1) is 14.8.